The third-order valence-electron chi connectivity index (χ3n) is 3.13. The summed E-state index contributed by atoms with van der Waals surface area (Å²) in [6, 6.07) is 13.6. The van der Waals surface area contributed by atoms with E-state index in [-0.39, 0.29) is 0 Å². The molecule has 1 atom stereocenters. The Kier molecular flexibility index (Phi) is 6.23. The van der Waals surface area contributed by atoms with Gasteiger partial charge in [0, 0.05) is 33.9 Å². The largest absolute Gasteiger partial charge is 0.387 e. The molecule has 0 aromatic heterocycles. The van der Waals surface area contributed by atoms with E-state index in [9.17, 15) is 5.11 Å². The minimum absolute atomic E-state index is 0.434. The lowest BCUT2D eigenvalue weighted by Gasteiger charge is -2.17. The van der Waals surface area contributed by atoms with Crippen molar-refractivity contribution in [1.29, 1.82) is 0 Å². The van der Waals surface area contributed by atoms with Gasteiger partial charge in [0.25, 0.3) is 0 Å². The molecule has 0 heterocycles. The second-order valence-electron chi connectivity index (χ2n) is 4.65. The molecule has 2 N–H and O–H groups in total. The van der Waals surface area contributed by atoms with Crippen LogP contribution in [0, 0.1) is 0 Å². The van der Waals surface area contributed by atoms with Gasteiger partial charge < -0.3 is 15.2 Å². The molecule has 0 aliphatic carbocycles. The van der Waals surface area contributed by atoms with Gasteiger partial charge in [-0.15, -0.1) is 0 Å². The number of nitrogens with one attached hydrogen (secondary N) is 1. The van der Waals surface area contributed by atoms with Crippen LogP contribution in [0.3, 0.4) is 0 Å². The summed E-state index contributed by atoms with van der Waals surface area (Å²) in [5.74, 6) is 0. The summed E-state index contributed by atoms with van der Waals surface area (Å²) in [4.78, 5) is 0. The lowest BCUT2D eigenvalue weighted by molar-refractivity contribution is 0.183. The highest BCUT2D eigenvalue weighted by Gasteiger charge is 2.10. The topological polar surface area (TPSA) is 41.5 Å². The molecule has 112 valence electrons. The van der Waals surface area contributed by atoms with Crippen LogP contribution in [0.4, 0.5) is 5.69 Å². The van der Waals surface area contributed by atoms with Gasteiger partial charge >= 0.3 is 0 Å². The molecular weight excluding hydrogens is 398 g/mol. The smallest absolute Gasteiger partial charge is 0.0962 e. The molecule has 2 rings (SSSR count). The Bertz CT molecular complexity index is 605. The van der Waals surface area contributed by atoms with Gasteiger partial charge in [0.2, 0.25) is 0 Å². The molecule has 2 aromatic carbocycles. The molecule has 0 fully saturated rings. The average Bonchev–Trinajstić information content (AvgIpc) is 2.47. The number of halogens is 2. The van der Waals surface area contributed by atoms with Crippen molar-refractivity contribution in [1.82, 2.24) is 0 Å². The maximum Gasteiger partial charge on any atom is 0.0962 e. The number of anilines is 1. The maximum atomic E-state index is 10.3. The summed E-state index contributed by atoms with van der Waals surface area (Å²) in [5, 5.41) is 13.6. The minimum atomic E-state index is -0.572. The molecule has 3 nitrogen and oxygen atoms in total. The number of rotatable bonds is 6. The van der Waals surface area contributed by atoms with Crippen LogP contribution in [0.1, 0.15) is 17.2 Å². The molecular formula is C16H17Br2NO2. The van der Waals surface area contributed by atoms with Gasteiger partial charge in [0.05, 0.1) is 12.7 Å². The van der Waals surface area contributed by atoms with Crippen LogP contribution in [-0.2, 0) is 11.3 Å². The van der Waals surface area contributed by atoms with Crippen molar-refractivity contribution in [3.8, 4) is 0 Å². The van der Waals surface area contributed by atoms with Crippen molar-refractivity contribution in [3.05, 3.63) is 62.5 Å². The van der Waals surface area contributed by atoms with Crippen molar-refractivity contribution in [2.24, 2.45) is 0 Å². The van der Waals surface area contributed by atoms with E-state index in [4.69, 9.17) is 4.74 Å². The molecule has 0 aliphatic rings. The molecule has 0 saturated heterocycles. The molecule has 5 heteroatoms. The zero-order chi connectivity index (χ0) is 15.2. The third-order valence-corrected chi connectivity index (χ3v) is 4.36. The van der Waals surface area contributed by atoms with Gasteiger partial charge in [-0.2, -0.15) is 0 Å². The Labute approximate surface area is 141 Å². The van der Waals surface area contributed by atoms with E-state index in [2.05, 4.69) is 37.2 Å². The van der Waals surface area contributed by atoms with Crippen molar-refractivity contribution in [2.75, 3.05) is 19.0 Å². The zero-order valence-electron chi connectivity index (χ0n) is 11.6. The molecule has 0 aliphatic heterocycles. The van der Waals surface area contributed by atoms with Gasteiger partial charge in [0.1, 0.15) is 0 Å². The predicted octanol–water partition coefficient (Wildman–Crippen LogP) is 4.50. The highest BCUT2D eigenvalue weighted by atomic mass is 79.9. The van der Waals surface area contributed by atoms with E-state index in [1.54, 1.807) is 7.11 Å². The van der Waals surface area contributed by atoms with Gasteiger partial charge in [-0.05, 0) is 29.8 Å². The number of methoxy groups -OCH3 is 1. The Hall–Kier alpha value is -0.880. The predicted molar refractivity (Wildman–Crippen MR) is 92.4 cm³/mol. The van der Waals surface area contributed by atoms with Crippen LogP contribution in [0.5, 0.6) is 0 Å². The monoisotopic (exact) mass is 413 g/mol. The highest BCUT2D eigenvalue weighted by molar-refractivity contribution is 9.10. The fourth-order valence-corrected chi connectivity index (χ4v) is 2.95. The normalized spacial score (nSPS) is 12.2. The Balaban J connectivity index is 2.07. The van der Waals surface area contributed by atoms with Crippen molar-refractivity contribution in [3.63, 3.8) is 0 Å². The Morgan fingerprint density at radius 1 is 1.19 bits per heavy atom. The summed E-state index contributed by atoms with van der Waals surface area (Å²) in [6.07, 6.45) is -0.572. The molecule has 0 amide bonds. The summed E-state index contributed by atoms with van der Waals surface area (Å²) < 4.78 is 7.17. The number of aliphatic hydroxyl groups excluding tert-OH is 1. The first-order valence-corrected chi connectivity index (χ1v) is 8.14. The first kappa shape index (κ1) is 16.5. The quantitative estimate of drug-likeness (QED) is 0.730. The summed E-state index contributed by atoms with van der Waals surface area (Å²) in [6.45, 7) is 0.945. The van der Waals surface area contributed by atoms with E-state index < -0.39 is 6.10 Å². The Morgan fingerprint density at radius 3 is 2.67 bits per heavy atom. The van der Waals surface area contributed by atoms with Crippen molar-refractivity contribution in [2.45, 2.75) is 12.7 Å². The number of ether oxygens (including phenoxy) is 1. The number of hydrogen-bond donors (Lipinski definition) is 2. The maximum absolute atomic E-state index is 10.3. The third kappa shape index (κ3) is 4.54. The van der Waals surface area contributed by atoms with Gasteiger partial charge in [-0.25, -0.2) is 0 Å². The first-order valence-electron chi connectivity index (χ1n) is 6.55. The van der Waals surface area contributed by atoms with Crippen LogP contribution >= 0.6 is 31.9 Å². The lowest BCUT2D eigenvalue weighted by atomic mass is 10.1. The lowest BCUT2D eigenvalue weighted by Crippen LogP contribution is -2.13. The summed E-state index contributed by atoms with van der Waals surface area (Å²) in [5.41, 5.74) is 2.88. The number of aliphatic hydroxyl groups is 1. The first-order chi connectivity index (χ1) is 10.1. The van der Waals surface area contributed by atoms with E-state index in [1.165, 1.54) is 0 Å². The molecule has 2 aromatic rings. The fraction of sp³-hybridized carbons (Fsp3) is 0.250. The van der Waals surface area contributed by atoms with E-state index in [0.29, 0.717) is 13.2 Å². The van der Waals surface area contributed by atoms with E-state index >= 15 is 0 Å². The second-order valence-corrected chi connectivity index (χ2v) is 6.42. The van der Waals surface area contributed by atoms with E-state index in [0.717, 1.165) is 25.8 Å². The van der Waals surface area contributed by atoms with E-state index in [1.807, 2.05) is 42.5 Å². The molecule has 0 bridgehead atoms. The van der Waals surface area contributed by atoms with Crippen LogP contribution in [0.15, 0.2) is 51.4 Å². The number of hydrogen-bond acceptors (Lipinski definition) is 3. The summed E-state index contributed by atoms with van der Waals surface area (Å²) >= 11 is 6.93. The molecule has 0 saturated carbocycles. The summed E-state index contributed by atoms with van der Waals surface area (Å²) in [7, 11) is 1.67. The highest BCUT2D eigenvalue weighted by Crippen LogP contribution is 2.26. The minimum Gasteiger partial charge on any atom is -0.387 e. The van der Waals surface area contributed by atoms with Gasteiger partial charge in [-0.1, -0.05) is 50.1 Å². The van der Waals surface area contributed by atoms with Crippen LogP contribution in [0.25, 0.3) is 0 Å². The van der Waals surface area contributed by atoms with Crippen LogP contribution < -0.4 is 5.32 Å². The van der Waals surface area contributed by atoms with Gasteiger partial charge in [0.15, 0.2) is 0 Å². The van der Waals surface area contributed by atoms with Crippen molar-refractivity contribution >= 4 is 37.5 Å². The molecule has 0 spiro atoms. The Morgan fingerprint density at radius 2 is 1.95 bits per heavy atom. The zero-order valence-corrected chi connectivity index (χ0v) is 14.8. The molecule has 21 heavy (non-hydrogen) atoms. The fourth-order valence-electron chi connectivity index (χ4n) is 2.05. The molecule has 1 unspecified atom stereocenters. The SMILES string of the molecule is COCc1c(Br)cccc1NCC(O)c1cccc(Br)c1. The van der Waals surface area contributed by atoms with Gasteiger partial charge in [-0.3, -0.25) is 0 Å². The van der Waals surface area contributed by atoms with Crippen LogP contribution in [0.2, 0.25) is 0 Å². The second kappa shape index (κ2) is 7.94. The molecule has 0 radical (unpaired) electrons. The standard InChI is InChI=1S/C16H17Br2NO2/c1-21-10-13-14(18)6-3-7-15(13)19-9-16(20)11-4-2-5-12(17)8-11/h2-8,16,19-20H,9-10H2,1H3. The number of benzene rings is 2. The van der Waals surface area contributed by atoms with Crippen molar-refractivity contribution < 1.29 is 9.84 Å². The van der Waals surface area contributed by atoms with Crippen LogP contribution in [-0.4, -0.2) is 18.8 Å². The average molecular weight is 415 g/mol.